The molecule has 1 saturated heterocycles. The maximum atomic E-state index is 12.2. The fraction of sp³-hybridized carbons (Fsp3) is 0.500. The van der Waals surface area contributed by atoms with Crippen LogP contribution in [-0.2, 0) is 15.8 Å². The lowest BCUT2D eigenvalue weighted by molar-refractivity contribution is 0.213. The fourth-order valence-corrected chi connectivity index (χ4v) is 4.08. The van der Waals surface area contributed by atoms with E-state index in [9.17, 15) is 13.5 Å². The Kier molecular flexibility index (Phi) is 3.89. The second-order valence-corrected chi connectivity index (χ2v) is 6.51. The van der Waals surface area contributed by atoms with Crippen LogP contribution in [0.4, 0.5) is 5.69 Å². The van der Waals surface area contributed by atoms with Crippen LogP contribution in [0.2, 0.25) is 0 Å². The first-order valence-corrected chi connectivity index (χ1v) is 7.58. The van der Waals surface area contributed by atoms with Crippen LogP contribution in [0.1, 0.15) is 18.4 Å². The molecule has 0 bridgehead atoms. The topological polar surface area (TPSA) is 83.6 Å². The maximum Gasteiger partial charge on any atom is 0.218 e. The first kappa shape index (κ1) is 13.3. The average molecular weight is 270 g/mol. The lowest BCUT2D eigenvalue weighted by Crippen LogP contribution is -2.38. The Hall–Kier alpha value is -1.11. The van der Waals surface area contributed by atoms with Gasteiger partial charge in [-0.15, -0.1) is 0 Å². The van der Waals surface area contributed by atoms with Gasteiger partial charge in [0, 0.05) is 18.3 Å². The fourth-order valence-electron chi connectivity index (χ4n) is 2.27. The number of benzene rings is 1. The number of aliphatic hydroxyl groups is 1. The molecule has 1 fully saturated rings. The van der Waals surface area contributed by atoms with Gasteiger partial charge in [-0.2, -0.15) is 4.31 Å². The number of rotatable bonds is 4. The molecule has 0 spiro atoms. The molecule has 3 N–H and O–H groups in total. The molecular weight excluding hydrogens is 252 g/mol. The van der Waals surface area contributed by atoms with Gasteiger partial charge in [0.15, 0.2) is 0 Å². The van der Waals surface area contributed by atoms with E-state index in [1.54, 1.807) is 24.3 Å². The predicted molar refractivity (Wildman–Crippen MR) is 70.3 cm³/mol. The lowest BCUT2D eigenvalue weighted by atomic mass is 10.2. The molecule has 0 radical (unpaired) electrons. The summed E-state index contributed by atoms with van der Waals surface area (Å²) < 4.78 is 25.9. The number of anilines is 1. The smallest absolute Gasteiger partial charge is 0.218 e. The monoisotopic (exact) mass is 270 g/mol. The van der Waals surface area contributed by atoms with Crippen molar-refractivity contribution in [3.63, 3.8) is 0 Å². The molecule has 1 aliphatic rings. The Morgan fingerprint density at radius 1 is 1.33 bits per heavy atom. The molecule has 0 aliphatic carbocycles. The van der Waals surface area contributed by atoms with E-state index < -0.39 is 10.0 Å². The molecule has 18 heavy (non-hydrogen) atoms. The molecule has 1 aliphatic heterocycles. The van der Waals surface area contributed by atoms with Crippen molar-refractivity contribution in [2.45, 2.75) is 24.6 Å². The Labute approximate surface area is 107 Å². The molecule has 6 heteroatoms. The van der Waals surface area contributed by atoms with Crippen molar-refractivity contribution < 1.29 is 13.5 Å². The highest BCUT2D eigenvalue weighted by Crippen LogP contribution is 2.23. The van der Waals surface area contributed by atoms with Crippen molar-refractivity contribution in [2.75, 3.05) is 18.9 Å². The van der Waals surface area contributed by atoms with Gasteiger partial charge in [-0.05, 0) is 30.5 Å². The summed E-state index contributed by atoms with van der Waals surface area (Å²) in [6.45, 7) is 0.392. The SMILES string of the molecule is Nc1ccc(CS(=O)(=O)N2CCCC2CO)cc1. The Morgan fingerprint density at radius 3 is 2.61 bits per heavy atom. The highest BCUT2D eigenvalue weighted by Gasteiger charge is 2.33. The summed E-state index contributed by atoms with van der Waals surface area (Å²) in [5, 5.41) is 9.18. The number of nitrogen functional groups attached to an aromatic ring is 1. The summed E-state index contributed by atoms with van der Waals surface area (Å²) in [6.07, 6.45) is 1.55. The van der Waals surface area contributed by atoms with E-state index in [1.165, 1.54) is 4.31 Å². The number of hydrogen-bond donors (Lipinski definition) is 2. The van der Waals surface area contributed by atoms with Crippen molar-refractivity contribution in [3.05, 3.63) is 29.8 Å². The highest BCUT2D eigenvalue weighted by atomic mass is 32.2. The van der Waals surface area contributed by atoms with Crippen LogP contribution < -0.4 is 5.73 Å². The number of nitrogens with zero attached hydrogens (tertiary/aromatic N) is 1. The second kappa shape index (κ2) is 5.26. The largest absolute Gasteiger partial charge is 0.399 e. The molecule has 1 atom stereocenters. The van der Waals surface area contributed by atoms with E-state index in [2.05, 4.69) is 0 Å². The Morgan fingerprint density at radius 2 is 2.00 bits per heavy atom. The van der Waals surface area contributed by atoms with E-state index in [0.29, 0.717) is 17.8 Å². The van der Waals surface area contributed by atoms with Gasteiger partial charge in [-0.1, -0.05) is 12.1 Å². The van der Waals surface area contributed by atoms with Gasteiger partial charge >= 0.3 is 0 Å². The summed E-state index contributed by atoms with van der Waals surface area (Å²) in [5.74, 6) is -0.0379. The van der Waals surface area contributed by atoms with Crippen molar-refractivity contribution >= 4 is 15.7 Å². The third-order valence-electron chi connectivity index (χ3n) is 3.22. The average Bonchev–Trinajstić information content (AvgIpc) is 2.81. The summed E-state index contributed by atoms with van der Waals surface area (Å²) in [6, 6.07) is 6.56. The van der Waals surface area contributed by atoms with E-state index in [4.69, 9.17) is 5.73 Å². The van der Waals surface area contributed by atoms with Crippen LogP contribution in [0.5, 0.6) is 0 Å². The summed E-state index contributed by atoms with van der Waals surface area (Å²) in [7, 11) is -3.35. The van der Waals surface area contributed by atoms with Gasteiger partial charge in [0.1, 0.15) is 0 Å². The van der Waals surface area contributed by atoms with Crippen LogP contribution in [-0.4, -0.2) is 37.0 Å². The van der Waals surface area contributed by atoms with Gasteiger partial charge in [0.05, 0.1) is 12.4 Å². The van der Waals surface area contributed by atoms with Crippen LogP contribution in [0.15, 0.2) is 24.3 Å². The Bertz CT molecular complexity index is 499. The number of hydrogen-bond acceptors (Lipinski definition) is 4. The zero-order chi connectivity index (χ0) is 13.2. The molecule has 0 saturated carbocycles. The molecule has 2 rings (SSSR count). The van der Waals surface area contributed by atoms with E-state index in [0.717, 1.165) is 12.8 Å². The Balaban J connectivity index is 2.14. The van der Waals surface area contributed by atoms with E-state index in [1.807, 2.05) is 0 Å². The van der Waals surface area contributed by atoms with Gasteiger partial charge in [0.2, 0.25) is 10.0 Å². The minimum atomic E-state index is -3.35. The van der Waals surface area contributed by atoms with Crippen molar-refractivity contribution in [1.29, 1.82) is 0 Å². The predicted octanol–water partition coefficient (Wildman–Crippen LogP) is 0.555. The number of sulfonamides is 1. The van der Waals surface area contributed by atoms with E-state index >= 15 is 0 Å². The van der Waals surface area contributed by atoms with Gasteiger partial charge in [-0.25, -0.2) is 8.42 Å². The summed E-state index contributed by atoms with van der Waals surface area (Å²) in [5.41, 5.74) is 6.90. The molecule has 1 aromatic rings. The highest BCUT2D eigenvalue weighted by molar-refractivity contribution is 7.88. The molecule has 0 amide bonds. The van der Waals surface area contributed by atoms with Crippen LogP contribution >= 0.6 is 0 Å². The van der Waals surface area contributed by atoms with Crippen LogP contribution in [0.25, 0.3) is 0 Å². The molecule has 1 unspecified atom stereocenters. The third kappa shape index (κ3) is 2.82. The van der Waals surface area contributed by atoms with Gasteiger partial charge in [0.25, 0.3) is 0 Å². The van der Waals surface area contributed by atoms with E-state index in [-0.39, 0.29) is 18.4 Å². The third-order valence-corrected chi connectivity index (χ3v) is 5.11. The minimum absolute atomic E-state index is 0.0379. The normalized spacial score (nSPS) is 21.3. The van der Waals surface area contributed by atoms with Gasteiger partial charge < -0.3 is 10.8 Å². The maximum absolute atomic E-state index is 12.2. The standard InChI is InChI=1S/C12H18N2O3S/c13-11-5-3-10(4-6-11)9-18(16,17)14-7-1-2-12(14)8-15/h3-6,12,15H,1-2,7-9,13H2. The molecule has 0 aromatic heterocycles. The van der Waals surface area contributed by atoms with Crippen molar-refractivity contribution in [3.8, 4) is 0 Å². The molecular formula is C12H18N2O3S. The number of aliphatic hydroxyl groups excluding tert-OH is 1. The lowest BCUT2D eigenvalue weighted by Gasteiger charge is -2.22. The quantitative estimate of drug-likeness (QED) is 0.783. The first-order valence-electron chi connectivity index (χ1n) is 5.98. The first-order chi connectivity index (χ1) is 8.53. The molecule has 1 aromatic carbocycles. The number of nitrogens with two attached hydrogens (primary N) is 1. The zero-order valence-corrected chi connectivity index (χ0v) is 10.9. The van der Waals surface area contributed by atoms with Crippen molar-refractivity contribution in [2.24, 2.45) is 0 Å². The zero-order valence-electron chi connectivity index (χ0n) is 10.1. The molecule has 1 heterocycles. The van der Waals surface area contributed by atoms with Crippen LogP contribution in [0, 0.1) is 0 Å². The second-order valence-electron chi connectivity index (χ2n) is 4.59. The minimum Gasteiger partial charge on any atom is -0.399 e. The summed E-state index contributed by atoms with van der Waals surface area (Å²) in [4.78, 5) is 0. The van der Waals surface area contributed by atoms with Crippen molar-refractivity contribution in [1.82, 2.24) is 4.31 Å². The van der Waals surface area contributed by atoms with Crippen LogP contribution in [0.3, 0.4) is 0 Å². The molecule has 5 nitrogen and oxygen atoms in total. The van der Waals surface area contributed by atoms with Gasteiger partial charge in [-0.3, -0.25) is 0 Å². The molecule has 100 valence electrons. The summed E-state index contributed by atoms with van der Waals surface area (Å²) >= 11 is 0.